The maximum Gasteiger partial charge on any atom is 0.416 e. The van der Waals surface area contributed by atoms with Gasteiger partial charge in [0.05, 0.1) is 22.7 Å². The molecule has 1 saturated heterocycles. The lowest BCUT2D eigenvalue weighted by Crippen LogP contribution is -2.43. The van der Waals surface area contributed by atoms with Gasteiger partial charge >= 0.3 is 6.18 Å². The smallest absolute Gasteiger partial charge is 0.416 e. The average molecular weight is 510 g/mol. The van der Waals surface area contributed by atoms with Gasteiger partial charge < -0.3 is 15.3 Å². The van der Waals surface area contributed by atoms with Crippen molar-refractivity contribution in [2.45, 2.75) is 43.2 Å². The quantitative estimate of drug-likeness (QED) is 0.476. The molecule has 2 aliphatic rings. The molecule has 2 N–H and O–H groups in total. The molecule has 1 aliphatic carbocycles. The number of carbonyl (C=O) groups is 2. The Labute approximate surface area is 212 Å². The van der Waals surface area contributed by atoms with Crippen molar-refractivity contribution in [1.82, 2.24) is 9.88 Å². The summed E-state index contributed by atoms with van der Waals surface area (Å²) in [6.07, 6.45) is 1.13. The lowest BCUT2D eigenvalue weighted by Gasteiger charge is -2.35. The number of halogens is 3. The first kappa shape index (κ1) is 24.8. The molecule has 5 rings (SSSR count). The molecule has 3 aromatic rings. The molecule has 0 atom stereocenters. The van der Waals surface area contributed by atoms with Crippen molar-refractivity contribution >= 4 is 17.5 Å². The van der Waals surface area contributed by atoms with Gasteiger partial charge in [0, 0.05) is 25.0 Å². The van der Waals surface area contributed by atoms with Gasteiger partial charge in [-0.05, 0) is 73.1 Å². The van der Waals surface area contributed by atoms with Crippen LogP contribution in [0.4, 0.5) is 18.9 Å². The minimum Gasteiger partial charge on any atom is -0.505 e. The molecule has 37 heavy (non-hydrogen) atoms. The summed E-state index contributed by atoms with van der Waals surface area (Å²) >= 11 is 0. The zero-order valence-electron chi connectivity index (χ0n) is 20.0. The van der Waals surface area contributed by atoms with Crippen molar-refractivity contribution in [3.8, 4) is 5.75 Å². The molecule has 0 unspecified atom stereocenters. The molecule has 6 nitrogen and oxygen atoms in total. The summed E-state index contributed by atoms with van der Waals surface area (Å²) in [5.41, 5.74) is 1.11. The largest absolute Gasteiger partial charge is 0.505 e. The number of benzene rings is 2. The van der Waals surface area contributed by atoms with Crippen LogP contribution in [0.15, 0.2) is 67.0 Å². The fourth-order valence-corrected chi connectivity index (χ4v) is 5.06. The van der Waals surface area contributed by atoms with Crippen LogP contribution in [-0.2, 0) is 16.4 Å². The highest BCUT2D eigenvalue weighted by molar-refractivity contribution is 6.06. The Balaban J connectivity index is 1.18. The van der Waals surface area contributed by atoms with E-state index in [0.717, 1.165) is 30.5 Å². The molecule has 0 radical (unpaired) electrons. The number of hydrogen-bond acceptors (Lipinski definition) is 4. The fourth-order valence-electron chi connectivity index (χ4n) is 5.06. The number of alkyl halides is 3. The molecular formula is C28H26F3N3O3. The molecule has 2 fully saturated rings. The van der Waals surface area contributed by atoms with Gasteiger partial charge in [0.15, 0.2) is 0 Å². The number of likely N-dealkylation sites (tertiary alicyclic amines) is 1. The maximum atomic E-state index is 13.3. The van der Waals surface area contributed by atoms with E-state index < -0.39 is 23.1 Å². The zero-order chi connectivity index (χ0) is 26.2. The predicted octanol–water partition coefficient (Wildman–Crippen LogP) is 5.50. The Hall–Kier alpha value is -3.88. The molecule has 2 amide bonds. The van der Waals surface area contributed by atoms with E-state index in [1.54, 1.807) is 0 Å². The minimum absolute atomic E-state index is 0.00290. The van der Waals surface area contributed by atoms with Crippen LogP contribution in [0.1, 0.15) is 58.6 Å². The number of anilines is 1. The summed E-state index contributed by atoms with van der Waals surface area (Å²) in [5, 5.41) is 12.6. The van der Waals surface area contributed by atoms with Crippen molar-refractivity contribution in [3.63, 3.8) is 0 Å². The van der Waals surface area contributed by atoms with Crippen molar-refractivity contribution in [1.29, 1.82) is 0 Å². The van der Waals surface area contributed by atoms with Gasteiger partial charge in [-0.2, -0.15) is 13.2 Å². The van der Waals surface area contributed by atoms with E-state index in [1.165, 1.54) is 30.6 Å². The first-order chi connectivity index (χ1) is 17.7. The van der Waals surface area contributed by atoms with Crippen molar-refractivity contribution in [2.75, 3.05) is 18.4 Å². The maximum absolute atomic E-state index is 13.3. The lowest BCUT2D eigenvalue weighted by molar-refractivity contribution is -0.137. The summed E-state index contributed by atoms with van der Waals surface area (Å²) in [6.45, 7) is 1.18. The highest BCUT2D eigenvalue weighted by Gasteiger charge is 2.53. The van der Waals surface area contributed by atoms with Crippen LogP contribution in [0.3, 0.4) is 0 Å². The average Bonchev–Trinajstić information content (AvgIpc) is 3.71. The molecule has 1 aliphatic heterocycles. The zero-order valence-corrected chi connectivity index (χ0v) is 20.0. The standard InChI is InChI=1S/C28H26F3N3O3/c29-28(30,31)21-5-3-20(4-6-21)27(12-13-27)26(37)34-15-10-19(11-16-34)18-1-7-22(8-2-18)33-25(36)23-9-14-32-17-24(23)35/h1-9,14,17,19,35H,10-13,15-16H2,(H,33,36). The Bertz CT molecular complexity index is 1290. The van der Waals surface area contributed by atoms with E-state index in [2.05, 4.69) is 10.3 Å². The number of hydrogen-bond donors (Lipinski definition) is 2. The summed E-state index contributed by atoms with van der Waals surface area (Å²) in [7, 11) is 0. The van der Waals surface area contributed by atoms with Gasteiger partial charge in [0.2, 0.25) is 5.91 Å². The third kappa shape index (κ3) is 5.03. The Morgan fingerprint density at radius 2 is 1.62 bits per heavy atom. The van der Waals surface area contributed by atoms with E-state index in [-0.39, 0.29) is 23.1 Å². The SMILES string of the molecule is O=C(Nc1ccc(C2CCN(C(=O)C3(c4ccc(C(F)(F)F)cc4)CC3)CC2)cc1)c1ccncc1O. The molecular weight excluding hydrogens is 483 g/mol. The number of nitrogens with one attached hydrogen (secondary N) is 1. The third-order valence-electron chi connectivity index (χ3n) is 7.39. The highest BCUT2D eigenvalue weighted by atomic mass is 19.4. The Kier molecular flexibility index (Phi) is 6.39. The fraction of sp³-hybridized carbons (Fsp3) is 0.321. The van der Waals surface area contributed by atoms with Gasteiger partial charge in [-0.15, -0.1) is 0 Å². The lowest BCUT2D eigenvalue weighted by atomic mass is 9.87. The van der Waals surface area contributed by atoms with Gasteiger partial charge in [0.1, 0.15) is 5.75 Å². The van der Waals surface area contributed by atoms with Gasteiger partial charge in [0.25, 0.3) is 5.91 Å². The van der Waals surface area contributed by atoms with Crippen molar-refractivity contribution < 1.29 is 27.9 Å². The number of aromatic hydroxyl groups is 1. The Morgan fingerprint density at radius 1 is 0.973 bits per heavy atom. The molecule has 2 heterocycles. The second kappa shape index (κ2) is 9.53. The molecule has 0 bridgehead atoms. The summed E-state index contributed by atoms with van der Waals surface area (Å²) in [6, 6.07) is 14.0. The van der Waals surface area contributed by atoms with E-state index in [4.69, 9.17) is 0 Å². The minimum atomic E-state index is -4.40. The van der Waals surface area contributed by atoms with Crippen LogP contribution < -0.4 is 5.32 Å². The topological polar surface area (TPSA) is 82.5 Å². The summed E-state index contributed by atoms with van der Waals surface area (Å²) < 4.78 is 38.7. The number of pyridine rings is 1. The first-order valence-electron chi connectivity index (χ1n) is 12.2. The number of aromatic nitrogens is 1. The number of rotatable bonds is 5. The number of nitrogens with zero attached hydrogens (tertiary/aromatic N) is 2. The third-order valence-corrected chi connectivity index (χ3v) is 7.39. The van der Waals surface area contributed by atoms with Gasteiger partial charge in [-0.3, -0.25) is 14.6 Å². The van der Waals surface area contributed by atoms with E-state index in [1.807, 2.05) is 29.2 Å². The van der Waals surface area contributed by atoms with Gasteiger partial charge in [-0.1, -0.05) is 24.3 Å². The monoisotopic (exact) mass is 509 g/mol. The van der Waals surface area contributed by atoms with Crippen LogP contribution in [-0.4, -0.2) is 39.9 Å². The Morgan fingerprint density at radius 3 is 2.19 bits per heavy atom. The van der Waals surface area contributed by atoms with E-state index in [9.17, 15) is 27.9 Å². The second-order valence-corrected chi connectivity index (χ2v) is 9.69. The second-order valence-electron chi connectivity index (χ2n) is 9.69. The van der Waals surface area contributed by atoms with Crippen LogP contribution in [0.5, 0.6) is 5.75 Å². The normalized spacial score (nSPS) is 17.3. The van der Waals surface area contributed by atoms with E-state index in [0.29, 0.717) is 37.2 Å². The number of carbonyl (C=O) groups excluding carboxylic acids is 2. The molecule has 1 saturated carbocycles. The number of piperidine rings is 1. The molecule has 192 valence electrons. The molecule has 2 aromatic carbocycles. The molecule has 9 heteroatoms. The first-order valence-corrected chi connectivity index (χ1v) is 12.2. The van der Waals surface area contributed by atoms with E-state index >= 15 is 0 Å². The molecule has 1 aromatic heterocycles. The van der Waals surface area contributed by atoms with Crippen LogP contribution in [0, 0.1) is 0 Å². The van der Waals surface area contributed by atoms with Crippen LogP contribution in [0.2, 0.25) is 0 Å². The van der Waals surface area contributed by atoms with Crippen molar-refractivity contribution in [3.05, 3.63) is 89.2 Å². The number of amides is 2. The summed E-state index contributed by atoms with van der Waals surface area (Å²) in [5.74, 6) is -0.354. The van der Waals surface area contributed by atoms with Gasteiger partial charge in [-0.25, -0.2) is 0 Å². The van der Waals surface area contributed by atoms with Crippen LogP contribution in [0.25, 0.3) is 0 Å². The summed E-state index contributed by atoms with van der Waals surface area (Å²) in [4.78, 5) is 31.3. The molecule has 0 spiro atoms. The highest BCUT2D eigenvalue weighted by Crippen LogP contribution is 2.50. The predicted molar refractivity (Wildman–Crippen MR) is 131 cm³/mol. The van der Waals surface area contributed by atoms with Crippen LogP contribution >= 0.6 is 0 Å². The van der Waals surface area contributed by atoms with Crippen molar-refractivity contribution in [2.24, 2.45) is 0 Å².